The molecule has 0 saturated carbocycles. The van der Waals surface area contributed by atoms with Crippen LogP contribution in [-0.2, 0) is 32.1 Å². The van der Waals surface area contributed by atoms with E-state index >= 15 is 0 Å². The molecule has 2 rings (SSSR count). The third-order valence-corrected chi connectivity index (χ3v) is 5.48. The zero-order valence-electron chi connectivity index (χ0n) is 23.7. The molecule has 2 unspecified atom stereocenters. The van der Waals surface area contributed by atoms with E-state index < -0.39 is 41.7 Å². The summed E-state index contributed by atoms with van der Waals surface area (Å²) in [7, 11) is 0. The quantitative estimate of drug-likeness (QED) is 0.150. The first-order valence-corrected chi connectivity index (χ1v) is 13.4. The highest BCUT2D eigenvalue weighted by atomic mass is 16.6. The molecule has 0 saturated heterocycles. The Morgan fingerprint density at radius 2 is 1.51 bits per heavy atom. The molecule has 0 heterocycles. The number of amides is 3. The molecule has 0 radical (unpaired) electrons. The monoisotopic (exact) mass is 565 g/mol. The number of hydrogen-bond donors (Lipinski definition) is 4. The molecule has 0 aliphatic heterocycles. The standard InChI is InChI=1S/C31H39N3O7/c1-31(2,3)41-30(39)34-26(18-12-20-32-29(38)40-22-24-15-8-5-9-16-24)28(37)33-25(17-10-11-19-27(35)36)21-23-13-6-4-7-14-23/h4-11,13-17,19,25-26H,12,18,20-22H2,1-3H3,(H,32,38)(H,33,37)(H,34,39)(H,35,36)/b17-10+,19-11+. The van der Waals surface area contributed by atoms with Crippen molar-refractivity contribution < 1.29 is 33.8 Å². The van der Waals surface area contributed by atoms with Gasteiger partial charge >= 0.3 is 18.2 Å². The Kier molecular flexibility index (Phi) is 13.7. The average Bonchev–Trinajstić information content (AvgIpc) is 2.91. The third kappa shape index (κ3) is 14.9. The van der Waals surface area contributed by atoms with Gasteiger partial charge in [0.2, 0.25) is 5.91 Å². The maximum Gasteiger partial charge on any atom is 0.408 e. The highest BCUT2D eigenvalue weighted by molar-refractivity contribution is 5.86. The van der Waals surface area contributed by atoms with E-state index in [0.717, 1.165) is 17.2 Å². The molecule has 0 aromatic heterocycles. The fourth-order valence-corrected chi connectivity index (χ4v) is 3.64. The van der Waals surface area contributed by atoms with Gasteiger partial charge in [0.25, 0.3) is 0 Å². The lowest BCUT2D eigenvalue weighted by atomic mass is 10.0. The van der Waals surface area contributed by atoms with Crippen molar-refractivity contribution in [3.05, 3.63) is 96.1 Å². The Morgan fingerprint density at radius 1 is 0.878 bits per heavy atom. The molecule has 3 amide bonds. The summed E-state index contributed by atoms with van der Waals surface area (Å²) >= 11 is 0. The number of nitrogens with one attached hydrogen (secondary N) is 3. The molecule has 0 spiro atoms. The molecule has 2 aromatic rings. The van der Waals surface area contributed by atoms with E-state index in [1.165, 1.54) is 6.08 Å². The molecular weight excluding hydrogens is 526 g/mol. The van der Waals surface area contributed by atoms with Crippen LogP contribution in [0.2, 0.25) is 0 Å². The van der Waals surface area contributed by atoms with E-state index in [4.69, 9.17) is 14.6 Å². The van der Waals surface area contributed by atoms with Crippen molar-refractivity contribution in [2.45, 2.75) is 64.3 Å². The Labute approximate surface area is 240 Å². The summed E-state index contributed by atoms with van der Waals surface area (Å²) < 4.78 is 10.5. The zero-order chi connectivity index (χ0) is 30.1. The molecule has 4 N–H and O–H groups in total. The van der Waals surface area contributed by atoms with Gasteiger partial charge in [0.15, 0.2) is 0 Å². The van der Waals surface area contributed by atoms with Crippen LogP contribution in [0.25, 0.3) is 0 Å². The number of carboxylic acids is 1. The first-order valence-electron chi connectivity index (χ1n) is 13.4. The Balaban J connectivity index is 2.02. The topological polar surface area (TPSA) is 143 Å². The number of hydrogen-bond acceptors (Lipinski definition) is 6. The van der Waals surface area contributed by atoms with Crippen molar-refractivity contribution in [3.8, 4) is 0 Å². The summed E-state index contributed by atoms with van der Waals surface area (Å²) in [5.41, 5.74) is 1.06. The van der Waals surface area contributed by atoms with E-state index in [0.29, 0.717) is 12.8 Å². The highest BCUT2D eigenvalue weighted by Gasteiger charge is 2.25. The first kappa shape index (κ1) is 32.6. The first-order chi connectivity index (χ1) is 19.5. The van der Waals surface area contributed by atoms with Gasteiger partial charge in [-0.1, -0.05) is 78.9 Å². The van der Waals surface area contributed by atoms with Gasteiger partial charge in [-0.15, -0.1) is 0 Å². The van der Waals surface area contributed by atoms with Crippen molar-refractivity contribution in [2.24, 2.45) is 0 Å². The Hall–Kier alpha value is -4.60. The number of ether oxygens (including phenoxy) is 2. The van der Waals surface area contributed by atoms with Crippen LogP contribution < -0.4 is 16.0 Å². The zero-order valence-corrected chi connectivity index (χ0v) is 23.7. The van der Waals surface area contributed by atoms with Gasteiger partial charge in [-0.25, -0.2) is 14.4 Å². The largest absolute Gasteiger partial charge is 0.478 e. The molecule has 0 fully saturated rings. The molecular formula is C31H39N3O7. The lowest BCUT2D eigenvalue weighted by Crippen LogP contribution is -2.51. The normalized spacial score (nSPS) is 12.9. The number of aliphatic carboxylic acids is 1. The van der Waals surface area contributed by atoms with Gasteiger partial charge < -0.3 is 30.5 Å². The Morgan fingerprint density at radius 3 is 2.12 bits per heavy atom. The van der Waals surface area contributed by atoms with Gasteiger partial charge in [0.05, 0.1) is 6.04 Å². The van der Waals surface area contributed by atoms with E-state index in [2.05, 4.69) is 16.0 Å². The van der Waals surface area contributed by atoms with Gasteiger partial charge in [0.1, 0.15) is 18.2 Å². The van der Waals surface area contributed by atoms with Crippen molar-refractivity contribution in [3.63, 3.8) is 0 Å². The highest BCUT2D eigenvalue weighted by Crippen LogP contribution is 2.10. The second-order valence-electron chi connectivity index (χ2n) is 10.2. The van der Waals surface area contributed by atoms with Crippen LogP contribution in [-0.4, -0.2) is 53.4 Å². The number of carbonyl (C=O) groups excluding carboxylic acids is 3. The summed E-state index contributed by atoms with van der Waals surface area (Å²) in [5, 5.41) is 17.0. The molecule has 41 heavy (non-hydrogen) atoms. The van der Waals surface area contributed by atoms with Crippen LogP contribution in [0.3, 0.4) is 0 Å². The Bertz CT molecular complexity index is 1180. The van der Waals surface area contributed by atoms with E-state index in [-0.39, 0.29) is 19.6 Å². The molecule has 10 heteroatoms. The van der Waals surface area contributed by atoms with Crippen LogP contribution in [0.1, 0.15) is 44.7 Å². The summed E-state index contributed by atoms with van der Waals surface area (Å²) in [6.07, 6.45) is 5.28. The van der Waals surface area contributed by atoms with Crippen LogP contribution in [0.5, 0.6) is 0 Å². The average molecular weight is 566 g/mol. The van der Waals surface area contributed by atoms with Gasteiger partial charge in [-0.05, 0) is 51.2 Å². The fourth-order valence-electron chi connectivity index (χ4n) is 3.64. The summed E-state index contributed by atoms with van der Waals surface area (Å²) in [6, 6.07) is 17.3. The number of benzene rings is 2. The maximum absolute atomic E-state index is 13.3. The predicted molar refractivity (Wildman–Crippen MR) is 155 cm³/mol. The van der Waals surface area contributed by atoms with Crippen molar-refractivity contribution in [2.75, 3.05) is 6.54 Å². The number of carbonyl (C=O) groups is 4. The summed E-state index contributed by atoms with van der Waals surface area (Å²) in [6.45, 7) is 5.52. The number of carboxylic acid groups (broad SMARTS) is 1. The van der Waals surface area contributed by atoms with E-state index in [1.807, 2.05) is 60.7 Å². The van der Waals surface area contributed by atoms with Crippen LogP contribution >= 0.6 is 0 Å². The van der Waals surface area contributed by atoms with Crippen molar-refractivity contribution in [1.29, 1.82) is 0 Å². The fraction of sp³-hybridized carbons (Fsp3) is 0.355. The lowest BCUT2D eigenvalue weighted by molar-refractivity contribution is -0.131. The molecule has 10 nitrogen and oxygen atoms in total. The van der Waals surface area contributed by atoms with Crippen LogP contribution in [0, 0.1) is 0 Å². The number of allylic oxidation sites excluding steroid dienone is 2. The number of alkyl carbamates (subject to hydrolysis) is 2. The van der Waals surface area contributed by atoms with Gasteiger partial charge in [-0.2, -0.15) is 0 Å². The van der Waals surface area contributed by atoms with E-state index in [9.17, 15) is 19.2 Å². The minimum absolute atomic E-state index is 0.135. The van der Waals surface area contributed by atoms with Crippen molar-refractivity contribution in [1.82, 2.24) is 16.0 Å². The minimum atomic E-state index is -1.09. The molecule has 0 aliphatic carbocycles. The van der Waals surface area contributed by atoms with Gasteiger partial charge in [-0.3, -0.25) is 4.79 Å². The molecule has 220 valence electrons. The smallest absolute Gasteiger partial charge is 0.408 e. The second-order valence-corrected chi connectivity index (χ2v) is 10.2. The van der Waals surface area contributed by atoms with Gasteiger partial charge in [0, 0.05) is 12.6 Å². The molecule has 0 bridgehead atoms. The lowest BCUT2D eigenvalue weighted by Gasteiger charge is -2.25. The predicted octanol–water partition coefficient (Wildman–Crippen LogP) is 4.51. The SMILES string of the molecule is CC(C)(C)OC(=O)NC(CCCNC(=O)OCc1ccccc1)C(=O)NC(/C=C/C=C/C(=O)O)Cc1ccccc1. The van der Waals surface area contributed by atoms with Crippen LogP contribution in [0.15, 0.2) is 85.0 Å². The van der Waals surface area contributed by atoms with Crippen molar-refractivity contribution >= 4 is 24.1 Å². The maximum atomic E-state index is 13.3. The van der Waals surface area contributed by atoms with E-state index in [1.54, 1.807) is 32.9 Å². The molecule has 2 atom stereocenters. The summed E-state index contributed by atoms with van der Waals surface area (Å²) in [5.74, 6) is -1.53. The molecule has 0 aliphatic rings. The minimum Gasteiger partial charge on any atom is -0.478 e. The summed E-state index contributed by atoms with van der Waals surface area (Å²) in [4.78, 5) is 48.7. The second kappa shape index (κ2) is 17.2. The number of rotatable bonds is 14. The third-order valence-electron chi connectivity index (χ3n) is 5.48. The van der Waals surface area contributed by atoms with Crippen LogP contribution in [0.4, 0.5) is 9.59 Å². The molecule has 2 aromatic carbocycles.